The fourth-order valence-electron chi connectivity index (χ4n) is 1.29. The van der Waals surface area contributed by atoms with Crippen LogP contribution in [0.15, 0.2) is 22.7 Å². The van der Waals surface area contributed by atoms with Crippen LogP contribution in [0.5, 0.6) is 0 Å². The van der Waals surface area contributed by atoms with Gasteiger partial charge in [-0.2, -0.15) is 0 Å². The smallest absolute Gasteiger partial charge is 0.155 e. The van der Waals surface area contributed by atoms with E-state index in [-0.39, 0.29) is 4.47 Å². The van der Waals surface area contributed by atoms with Gasteiger partial charge in [0.1, 0.15) is 5.82 Å². The van der Waals surface area contributed by atoms with E-state index >= 15 is 0 Å². The standard InChI is InChI=1S/C11H14BrFO3S/c1-11(2,17(3,15)16)10(14)7-4-5-9(13)8(12)6-7/h4-6,10,14H,1-3H3. The molecule has 1 aromatic rings. The molecule has 1 atom stereocenters. The van der Waals surface area contributed by atoms with Crippen molar-refractivity contribution in [1.29, 1.82) is 0 Å². The van der Waals surface area contributed by atoms with Gasteiger partial charge in [0.15, 0.2) is 9.84 Å². The molecule has 17 heavy (non-hydrogen) atoms. The Bertz CT molecular complexity index is 526. The van der Waals surface area contributed by atoms with Crippen LogP contribution in [-0.4, -0.2) is 24.5 Å². The second-order valence-electron chi connectivity index (χ2n) is 4.45. The normalized spacial score (nSPS) is 14.7. The summed E-state index contributed by atoms with van der Waals surface area (Å²) in [7, 11) is -3.43. The maximum Gasteiger partial charge on any atom is 0.155 e. The lowest BCUT2D eigenvalue weighted by Gasteiger charge is -2.29. The molecule has 0 aliphatic carbocycles. The predicted octanol–water partition coefficient (Wildman–Crippen LogP) is 2.44. The fourth-order valence-corrected chi connectivity index (χ4v) is 2.22. The highest BCUT2D eigenvalue weighted by Gasteiger charge is 2.39. The van der Waals surface area contributed by atoms with E-state index < -0.39 is 26.5 Å². The molecule has 0 aromatic heterocycles. The van der Waals surface area contributed by atoms with Crippen molar-refractivity contribution >= 4 is 25.8 Å². The Hall–Kier alpha value is -0.460. The van der Waals surface area contributed by atoms with Crippen LogP contribution in [0, 0.1) is 5.82 Å². The zero-order valence-electron chi connectivity index (χ0n) is 9.74. The molecule has 0 radical (unpaired) electrons. The van der Waals surface area contributed by atoms with Gasteiger partial charge in [-0.15, -0.1) is 0 Å². The molecule has 0 saturated heterocycles. The minimum absolute atomic E-state index is 0.193. The Morgan fingerprint density at radius 3 is 2.35 bits per heavy atom. The van der Waals surface area contributed by atoms with Crippen LogP contribution in [0.4, 0.5) is 4.39 Å². The highest BCUT2D eigenvalue weighted by atomic mass is 79.9. The molecule has 0 fully saturated rings. The summed E-state index contributed by atoms with van der Waals surface area (Å²) in [4.78, 5) is 0. The lowest BCUT2D eigenvalue weighted by molar-refractivity contribution is 0.139. The van der Waals surface area contributed by atoms with Gasteiger partial charge < -0.3 is 5.11 Å². The molecular weight excluding hydrogens is 311 g/mol. The quantitative estimate of drug-likeness (QED) is 0.929. The van der Waals surface area contributed by atoms with E-state index in [1.807, 2.05) is 0 Å². The summed E-state index contributed by atoms with van der Waals surface area (Å²) in [6, 6.07) is 3.94. The van der Waals surface area contributed by atoms with Crippen molar-refractivity contribution in [2.24, 2.45) is 0 Å². The van der Waals surface area contributed by atoms with Crippen molar-refractivity contribution in [3.63, 3.8) is 0 Å². The zero-order valence-corrected chi connectivity index (χ0v) is 12.1. The Labute approximate surface area is 109 Å². The second kappa shape index (κ2) is 4.66. The third-order valence-electron chi connectivity index (χ3n) is 2.87. The molecule has 3 nitrogen and oxygen atoms in total. The van der Waals surface area contributed by atoms with Gasteiger partial charge in [0.2, 0.25) is 0 Å². The van der Waals surface area contributed by atoms with Gasteiger partial charge >= 0.3 is 0 Å². The van der Waals surface area contributed by atoms with E-state index in [0.717, 1.165) is 6.26 Å². The van der Waals surface area contributed by atoms with Crippen molar-refractivity contribution in [2.75, 3.05) is 6.26 Å². The topological polar surface area (TPSA) is 54.4 Å². The molecule has 0 aliphatic rings. The second-order valence-corrected chi connectivity index (χ2v) is 7.90. The number of hydrogen-bond donors (Lipinski definition) is 1. The Kier molecular flexibility index (Phi) is 4.01. The van der Waals surface area contributed by atoms with Gasteiger partial charge in [-0.05, 0) is 47.5 Å². The van der Waals surface area contributed by atoms with Crippen molar-refractivity contribution in [3.05, 3.63) is 34.1 Å². The Morgan fingerprint density at radius 1 is 1.41 bits per heavy atom. The molecule has 0 amide bonds. The van der Waals surface area contributed by atoms with Gasteiger partial charge in [0, 0.05) is 6.26 Å². The zero-order chi connectivity index (χ0) is 13.4. The summed E-state index contributed by atoms with van der Waals surface area (Å²) in [6.07, 6.45) is -0.149. The molecular formula is C11H14BrFO3S. The van der Waals surface area contributed by atoms with Crippen LogP contribution in [0.2, 0.25) is 0 Å². The highest BCUT2D eigenvalue weighted by Crippen LogP contribution is 2.33. The first-order chi connectivity index (χ1) is 7.57. The van der Waals surface area contributed by atoms with Gasteiger partial charge in [0.25, 0.3) is 0 Å². The van der Waals surface area contributed by atoms with Crippen molar-refractivity contribution in [2.45, 2.75) is 24.7 Å². The summed E-state index contributed by atoms with van der Waals surface area (Å²) in [5, 5.41) is 10.1. The van der Waals surface area contributed by atoms with E-state index in [1.54, 1.807) is 0 Å². The van der Waals surface area contributed by atoms with Gasteiger partial charge in [-0.3, -0.25) is 0 Å². The van der Waals surface area contributed by atoms with Crippen LogP contribution >= 0.6 is 15.9 Å². The molecule has 1 unspecified atom stereocenters. The molecule has 0 aliphatic heterocycles. The average Bonchev–Trinajstić information content (AvgIpc) is 2.19. The number of benzene rings is 1. The first-order valence-electron chi connectivity index (χ1n) is 4.90. The van der Waals surface area contributed by atoms with Crippen LogP contribution in [0.1, 0.15) is 25.5 Å². The number of halogens is 2. The van der Waals surface area contributed by atoms with Crippen LogP contribution in [-0.2, 0) is 9.84 Å². The van der Waals surface area contributed by atoms with Crippen molar-refractivity contribution < 1.29 is 17.9 Å². The first kappa shape index (κ1) is 14.6. The number of aliphatic hydroxyl groups is 1. The van der Waals surface area contributed by atoms with Gasteiger partial charge in [-0.1, -0.05) is 6.07 Å². The third-order valence-corrected chi connectivity index (χ3v) is 5.62. The van der Waals surface area contributed by atoms with Gasteiger partial charge in [0.05, 0.1) is 15.3 Å². The molecule has 6 heteroatoms. The highest BCUT2D eigenvalue weighted by molar-refractivity contribution is 9.10. The van der Waals surface area contributed by atoms with Gasteiger partial charge in [-0.25, -0.2) is 12.8 Å². The maximum atomic E-state index is 13.0. The molecule has 96 valence electrons. The molecule has 1 aromatic carbocycles. The SMILES string of the molecule is CC(C)(C(O)c1ccc(F)c(Br)c1)S(C)(=O)=O. The summed E-state index contributed by atoms with van der Waals surface area (Å²) in [6.45, 7) is 2.87. The molecule has 0 saturated carbocycles. The van der Waals surface area contributed by atoms with E-state index in [4.69, 9.17) is 0 Å². The molecule has 0 heterocycles. The van der Waals surface area contributed by atoms with Crippen molar-refractivity contribution in [3.8, 4) is 0 Å². The Morgan fingerprint density at radius 2 is 1.94 bits per heavy atom. The van der Waals surface area contributed by atoms with Crippen LogP contribution < -0.4 is 0 Å². The monoisotopic (exact) mass is 324 g/mol. The van der Waals surface area contributed by atoms with E-state index in [9.17, 15) is 17.9 Å². The minimum Gasteiger partial charge on any atom is -0.387 e. The van der Waals surface area contributed by atoms with Crippen molar-refractivity contribution in [1.82, 2.24) is 0 Å². The molecule has 0 spiro atoms. The van der Waals surface area contributed by atoms with E-state index in [0.29, 0.717) is 5.56 Å². The lowest BCUT2D eigenvalue weighted by Crippen LogP contribution is -2.37. The summed E-state index contributed by atoms with van der Waals surface area (Å²) < 4.78 is 35.1. The third kappa shape index (κ3) is 2.86. The average molecular weight is 325 g/mol. The number of rotatable bonds is 3. The first-order valence-corrected chi connectivity index (χ1v) is 7.58. The summed E-state index contributed by atoms with van der Waals surface area (Å²) in [5.41, 5.74) is 0.355. The summed E-state index contributed by atoms with van der Waals surface area (Å²) in [5.74, 6) is -0.460. The lowest BCUT2D eigenvalue weighted by atomic mass is 9.98. The number of aliphatic hydroxyl groups excluding tert-OH is 1. The molecule has 1 N–H and O–H groups in total. The minimum atomic E-state index is -3.43. The van der Waals surface area contributed by atoms with E-state index in [2.05, 4.69) is 15.9 Å². The number of sulfone groups is 1. The van der Waals surface area contributed by atoms with Crippen LogP contribution in [0.25, 0.3) is 0 Å². The largest absolute Gasteiger partial charge is 0.387 e. The summed E-state index contributed by atoms with van der Waals surface area (Å²) >= 11 is 3.00. The predicted molar refractivity (Wildman–Crippen MR) is 68.0 cm³/mol. The van der Waals surface area contributed by atoms with Crippen LogP contribution in [0.3, 0.4) is 0 Å². The maximum absolute atomic E-state index is 13.0. The molecule has 1 rings (SSSR count). The fraction of sp³-hybridized carbons (Fsp3) is 0.455. The van der Waals surface area contributed by atoms with E-state index in [1.165, 1.54) is 32.0 Å². The molecule has 0 bridgehead atoms. The Balaban J connectivity index is 3.21. The number of hydrogen-bond acceptors (Lipinski definition) is 3.